The highest BCUT2D eigenvalue weighted by molar-refractivity contribution is 7.52. The molecule has 290 valence electrons. The fourth-order valence-corrected chi connectivity index (χ4v) is 7.38. The minimum Gasteiger partial charge on any atom is -0.379 e. The van der Waals surface area contributed by atoms with Gasteiger partial charge in [-0.1, -0.05) is 181 Å². The van der Waals surface area contributed by atoms with Crippen molar-refractivity contribution in [1.82, 2.24) is 0 Å². The Morgan fingerprint density at radius 3 is 1.23 bits per heavy atom. The average molecular weight is 705 g/mol. The van der Waals surface area contributed by atoms with Crippen LogP contribution in [0.5, 0.6) is 0 Å². The molecule has 2 atom stereocenters. The fourth-order valence-electron chi connectivity index (χ4n) is 6.31. The Hall–Kier alpha value is 0.0300. The number of hydrogen-bond donors (Lipinski definition) is 1. The van der Waals surface area contributed by atoms with Crippen molar-refractivity contribution in [3.05, 3.63) is 0 Å². The molecule has 0 aromatic carbocycles. The molecule has 0 fully saturated rings. The van der Waals surface area contributed by atoms with E-state index in [1.165, 1.54) is 167 Å². The monoisotopic (exact) mass is 705 g/mol. The molecule has 0 aliphatic rings. The third-order valence-electron chi connectivity index (χ3n) is 9.53. The first-order valence-corrected chi connectivity index (χ1v) is 22.9. The van der Waals surface area contributed by atoms with Crippen LogP contribution in [0.25, 0.3) is 0 Å². The highest BCUT2D eigenvalue weighted by Gasteiger charge is 2.23. The Balaban J connectivity index is 4.08. The second-order valence-corrected chi connectivity index (χ2v) is 17.8. The van der Waals surface area contributed by atoms with Crippen molar-refractivity contribution < 1.29 is 27.9 Å². The third kappa shape index (κ3) is 38.8. The van der Waals surface area contributed by atoms with Crippen molar-refractivity contribution in [3.63, 3.8) is 0 Å². The van der Waals surface area contributed by atoms with Gasteiger partial charge in [0.2, 0.25) is 0 Å². The minimum absolute atomic E-state index is 0.121. The summed E-state index contributed by atoms with van der Waals surface area (Å²) in [4.78, 5) is 10.4. The average Bonchev–Trinajstić information content (AvgIpc) is 3.04. The molecule has 0 aromatic heterocycles. The Morgan fingerprint density at radius 1 is 0.500 bits per heavy atom. The zero-order valence-corrected chi connectivity index (χ0v) is 34.2. The van der Waals surface area contributed by atoms with Crippen molar-refractivity contribution in [1.29, 1.82) is 0 Å². The second kappa shape index (κ2) is 35.4. The predicted octanol–water partition coefficient (Wildman–Crippen LogP) is 12.6. The molecule has 0 spiro atoms. The third-order valence-corrected chi connectivity index (χ3v) is 11.0. The first-order chi connectivity index (χ1) is 23.2. The summed E-state index contributed by atoms with van der Waals surface area (Å²) in [6.07, 6.45) is 38.1. The van der Waals surface area contributed by atoms with Crippen LogP contribution in [0.4, 0.5) is 0 Å². The Bertz CT molecular complexity index is 686. The van der Waals surface area contributed by atoms with Gasteiger partial charge >= 0.3 is 7.60 Å². The summed E-state index contributed by atoms with van der Waals surface area (Å²) in [7, 11) is 2.66. The zero-order chi connectivity index (χ0) is 35.4. The molecule has 0 saturated carbocycles. The number of nitrogens with zero attached hydrogens (tertiary/aromatic N) is 1. The summed E-state index contributed by atoms with van der Waals surface area (Å²) in [6.45, 7) is 7.33. The molecule has 0 aliphatic carbocycles. The van der Waals surface area contributed by atoms with Gasteiger partial charge in [-0.15, -0.1) is 0 Å². The number of ether oxygens (including phenoxy) is 2. The number of quaternary nitrogens is 1. The number of hydrogen-bond acceptors (Lipinski definition) is 4. The van der Waals surface area contributed by atoms with E-state index < -0.39 is 7.60 Å². The quantitative estimate of drug-likeness (QED) is 0.0391. The lowest BCUT2D eigenvalue weighted by Gasteiger charge is -2.24. The highest BCUT2D eigenvalue weighted by atomic mass is 31.2. The minimum atomic E-state index is -3.63. The Kier molecular flexibility index (Phi) is 35.5. The zero-order valence-electron chi connectivity index (χ0n) is 33.3. The summed E-state index contributed by atoms with van der Waals surface area (Å²) < 4.78 is 31.1. The molecular formula is C41H87NO5P+. The van der Waals surface area contributed by atoms with Crippen molar-refractivity contribution in [3.8, 4) is 0 Å². The van der Waals surface area contributed by atoms with Gasteiger partial charge in [-0.2, -0.15) is 0 Å². The SMILES string of the molecule is CCCCCCCCCCCCCCCCOCC(COP(=O)(O)CCC[N+](C)(C)C)OCCCCCCCCCCCCCCCC. The van der Waals surface area contributed by atoms with Crippen LogP contribution >= 0.6 is 7.60 Å². The summed E-state index contributed by atoms with van der Waals surface area (Å²) in [5.41, 5.74) is 0. The maximum absolute atomic E-state index is 12.7. The van der Waals surface area contributed by atoms with Crippen molar-refractivity contribution in [2.45, 2.75) is 206 Å². The first kappa shape index (κ1) is 48.0. The molecule has 0 aromatic rings. The van der Waals surface area contributed by atoms with Gasteiger partial charge in [0.1, 0.15) is 6.10 Å². The van der Waals surface area contributed by atoms with Gasteiger partial charge in [0.15, 0.2) is 0 Å². The van der Waals surface area contributed by atoms with E-state index in [0.717, 1.165) is 30.5 Å². The number of unbranched alkanes of at least 4 members (excludes halogenated alkanes) is 26. The van der Waals surface area contributed by atoms with E-state index in [2.05, 4.69) is 35.0 Å². The van der Waals surface area contributed by atoms with Gasteiger partial charge in [-0.3, -0.25) is 4.57 Å². The second-order valence-electron chi connectivity index (χ2n) is 15.8. The van der Waals surface area contributed by atoms with Crippen LogP contribution in [0.3, 0.4) is 0 Å². The largest absolute Gasteiger partial charge is 0.379 e. The van der Waals surface area contributed by atoms with Gasteiger partial charge in [0, 0.05) is 19.6 Å². The van der Waals surface area contributed by atoms with E-state index >= 15 is 0 Å². The summed E-state index contributed by atoms with van der Waals surface area (Å²) in [5, 5.41) is 0. The van der Waals surface area contributed by atoms with Gasteiger partial charge in [-0.25, -0.2) is 0 Å². The lowest BCUT2D eigenvalue weighted by Crippen LogP contribution is -2.35. The van der Waals surface area contributed by atoms with Crippen LogP contribution in [-0.4, -0.2) is 75.8 Å². The van der Waals surface area contributed by atoms with Gasteiger partial charge in [0.05, 0.1) is 47.1 Å². The summed E-state index contributed by atoms with van der Waals surface area (Å²) in [5.74, 6) is 0. The standard InChI is InChI=1S/C41H86NO5P/c1-6-8-10-12-14-16-18-20-22-24-26-28-30-32-36-45-39-41(40-47-48(43,44)38-34-35-42(3,4)5)46-37-33-31-29-27-25-23-21-19-17-15-13-11-9-7-2/h41H,6-40H2,1-5H3/p+1. The molecule has 0 amide bonds. The maximum atomic E-state index is 12.7. The van der Waals surface area contributed by atoms with E-state index in [-0.39, 0.29) is 18.9 Å². The Morgan fingerprint density at radius 2 is 0.854 bits per heavy atom. The molecule has 0 aliphatic heterocycles. The molecular weight excluding hydrogens is 617 g/mol. The molecule has 7 heteroatoms. The normalized spacial score (nSPS) is 14.0. The topological polar surface area (TPSA) is 65.0 Å². The van der Waals surface area contributed by atoms with Gasteiger partial charge in [0.25, 0.3) is 0 Å². The summed E-state index contributed by atoms with van der Waals surface area (Å²) >= 11 is 0. The van der Waals surface area contributed by atoms with Crippen molar-refractivity contribution in [2.24, 2.45) is 0 Å². The predicted molar refractivity (Wildman–Crippen MR) is 209 cm³/mol. The first-order valence-electron chi connectivity index (χ1n) is 21.2. The van der Waals surface area contributed by atoms with E-state index in [1.54, 1.807) is 0 Å². The lowest BCUT2D eigenvalue weighted by atomic mass is 10.0. The molecule has 6 nitrogen and oxygen atoms in total. The van der Waals surface area contributed by atoms with Gasteiger partial charge in [-0.05, 0) is 12.8 Å². The maximum Gasteiger partial charge on any atom is 0.328 e. The molecule has 1 N–H and O–H groups in total. The highest BCUT2D eigenvalue weighted by Crippen LogP contribution is 2.42. The van der Waals surface area contributed by atoms with E-state index in [1.807, 2.05) is 0 Å². The molecule has 2 unspecified atom stereocenters. The fraction of sp³-hybridized carbons (Fsp3) is 1.00. The van der Waals surface area contributed by atoms with Crippen LogP contribution in [0, 0.1) is 0 Å². The summed E-state index contributed by atoms with van der Waals surface area (Å²) in [6, 6.07) is 0. The molecule has 0 bridgehead atoms. The lowest BCUT2D eigenvalue weighted by molar-refractivity contribution is -0.870. The number of rotatable bonds is 40. The van der Waals surface area contributed by atoms with E-state index in [9.17, 15) is 9.46 Å². The van der Waals surface area contributed by atoms with Gasteiger partial charge < -0.3 is 23.4 Å². The van der Waals surface area contributed by atoms with E-state index in [4.69, 9.17) is 14.0 Å². The van der Waals surface area contributed by atoms with E-state index in [0.29, 0.717) is 19.6 Å². The molecule has 0 rings (SSSR count). The van der Waals surface area contributed by atoms with Crippen LogP contribution in [0.15, 0.2) is 0 Å². The van der Waals surface area contributed by atoms with Crippen LogP contribution in [-0.2, 0) is 18.6 Å². The van der Waals surface area contributed by atoms with Crippen LogP contribution < -0.4 is 0 Å². The van der Waals surface area contributed by atoms with Crippen LogP contribution in [0.1, 0.15) is 200 Å². The Labute approximate surface area is 301 Å². The molecule has 0 radical (unpaired) electrons. The molecule has 48 heavy (non-hydrogen) atoms. The smallest absolute Gasteiger partial charge is 0.328 e. The van der Waals surface area contributed by atoms with Crippen LogP contribution in [0.2, 0.25) is 0 Å². The van der Waals surface area contributed by atoms with Crippen molar-refractivity contribution >= 4 is 7.60 Å². The van der Waals surface area contributed by atoms with Crippen molar-refractivity contribution in [2.75, 3.05) is 60.3 Å². The molecule has 0 heterocycles. The molecule has 0 saturated heterocycles.